The SMILES string of the molecule is CC1(C)CO[C@](C)(CCc2ccccc2)O[C@H]1CO. The van der Waals surface area contributed by atoms with Crippen molar-refractivity contribution in [2.24, 2.45) is 5.41 Å². The Bertz CT molecular complexity index is 402. The molecule has 0 radical (unpaired) electrons. The van der Waals surface area contributed by atoms with Crippen LogP contribution in [0.4, 0.5) is 0 Å². The molecule has 0 aromatic heterocycles. The molecule has 1 aliphatic heterocycles. The fourth-order valence-electron chi connectivity index (χ4n) is 2.36. The molecule has 1 aromatic carbocycles. The van der Waals surface area contributed by atoms with E-state index in [1.165, 1.54) is 5.56 Å². The van der Waals surface area contributed by atoms with Crippen molar-refractivity contribution in [1.82, 2.24) is 0 Å². The maximum atomic E-state index is 9.46. The van der Waals surface area contributed by atoms with Crippen molar-refractivity contribution in [2.45, 2.75) is 45.5 Å². The first kappa shape index (κ1) is 14.5. The third kappa shape index (κ3) is 3.56. The molecule has 0 unspecified atom stereocenters. The zero-order chi connectivity index (χ0) is 13.9. The summed E-state index contributed by atoms with van der Waals surface area (Å²) in [5.41, 5.74) is 1.14. The van der Waals surface area contributed by atoms with E-state index in [0.29, 0.717) is 6.61 Å². The maximum Gasteiger partial charge on any atom is 0.166 e. The highest BCUT2D eigenvalue weighted by atomic mass is 16.7. The third-order valence-corrected chi connectivity index (χ3v) is 3.89. The van der Waals surface area contributed by atoms with Gasteiger partial charge in [0.15, 0.2) is 5.79 Å². The summed E-state index contributed by atoms with van der Waals surface area (Å²) in [6.45, 7) is 6.74. The smallest absolute Gasteiger partial charge is 0.166 e. The van der Waals surface area contributed by atoms with E-state index in [0.717, 1.165) is 12.8 Å². The Hall–Kier alpha value is -0.900. The molecule has 1 aliphatic rings. The van der Waals surface area contributed by atoms with Crippen LogP contribution in [0.3, 0.4) is 0 Å². The number of aryl methyl sites for hydroxylation is 1. The monoisotopic (exact) mass is 264 g/mol. The minimum Gasteiger partial charge on any atom is -0.394 e. The van der Waals surface area contributed by atoms with Gasteiger partial charge in [0.1, 0.15) is 0 Å². The predicted octanol–water partition coefficient (Wildman–Crippen LogP) is 2.77. The Morgan fingerprint density at radius 1 is 1.21 bits per heavy atom. The van der Waals surface area contributed by atoms with Crippen LogP contribution in [0.2, 0.25) is 0 Å². The Labute approximate surface area is 115 Å². The lowest BCUT2D eigenvalue weighted by Gasteiger charge is -2.46. The van der Waals surface area contributed by atoms with Crippen LogP contribution in [0, 0.1) is 5.41 Å². The topological polar surface area (TPSA) is 38.7 Å². The summed E-state index contributed by atoms with van der Waals surface area (Å²) in [6, 6.07) is 10.3. The van der Waals surface area contributed by atoms with Crippen molar-refractivity contribution in [3.8, 4) is 0 Å². The molecule has 3 nitrogen and oxygen atoms in total. The average molecular weight is 264 g/mol. The number of rotatable bonds is 4. The van der Waals surface area contributed by atoms with E-state index in [4.69, 9.17) is 9.47 Å². The fraction of sp³-hybridized carbons (Fsp3) is 0.625. The van der Waals surface area contributed by atoms with Crippen LogP contribution in [0.15, 0.2) is 30.3 Å². The molecule has 1 saturated heterocycles. The summed E-state index contributed by atoms with van der Waals surface area (Å²) in [6.07, 6.45) is 1.54. The minimum absolute atomic E-state index is 0.0390. The molecule has 0 bridgehead atoms. The minimum atomic E-state index is -0.598. The number of aliphatic hydroxyl groups excluding tert-OH is 1. The molecule has 1 fully saturated rings. The summed E-state index contributed by atoms with van der Waals surface area (Å²) < 4.78 is 11.9. The van der Waals surface area contributed by atoms with Gasteiger partial charge in [0, 0.05) is 11.8 Å². The van der Waals surface area contributed by atoms with Gasteiger partial charge in [0.2, 0.25) is 0 Å². The van der Waals surface area contributed by atoms with Crippen molar-refractivity contribution >= 4 is 0 Å². The van der Waals surface area contributed by atoms with E-state index in [2.05, 4.69) is 26.0 Å². The zero-order valence-electron chi connectivity index (χ0n) is 12.1. The molecule has 0 saturated carbocycles. The first-order valence-electron chi connectivity index (χ1n) is 6.92. The van der Waals surface area contributed by atoms with Crippen LogP contribution in [0.5, 0.6) is 0 Å². The molecule has 1 N–H and O–H groups in total. The van der Waals surface area contributed by atoms with Crippen molar-refractivity contribution in [3.05, 3.63) is 35.9 Å². The normalized spacial score (nSPS) is 30.2. The van der Waals surface area contributed by atoms with Crippen molar-refractivity contribution in [1.29, 1.82) is 0 Å². The van der Waals surface area contributed by atoms with Crippen LogP contribution in [-0.4, -0.2) is 30.2 Å². The molecule has 106 valence electrons. The highest BCUT2D eigenvalue weighted by Gasteiger charge is 2.43. The number of ether oxygens (including phenoxy) is 2. The van der Waals surface area contributed by atoms with Gasteiger partial charge in [-0.05, 0) is 18.9 Å². The Balaban J connectivity index is 1.96. The molecule has 2 atom stereocenters. The van der Waals surface area contributed by atoms with E-state index < -0.39 is 5.79 Å². The van der Waals surface area contributed by atoms with Crippen LogP contribution in [0.25, 0.3) is 0 Å². The second kappa shape index (κ2) is 5.61. The Kier molecular flexibility index (Phi) is 4.29. The molecule has 1 aromatic rings. The second-order valence-corrected chi connectivity index (χ2v) is 6.19. The highest BCUT2D eigenvalue weighted by Crippen LogP contribution is 2.36. The quantitative estimate of drug-likeness (QED) is 0.909. The third-order valence-electron chi connectivity index (χ3n) is 3.89. The molecular formula is C16H24O3. The van der Waals surface area contributed by atoms with Gasteiger partial charge in [-0.25, -0.2) is 0 Å². The van der Waals surface area contributed by atoms with Gasteiger partial charge in [-0.2, -0.15) is 0 Å². The first-order chi connectivity index (χ1) is 8.95. The summed E-state index contributed by atoms with van der Waals surface area (Å²) in [5, 5.41) is 9.46. The van der Waals surface area contributed by atoms with Gasteiger partial charge in [-0.15, -0.1) is 0 Å². The largest absolute Gasteiger partial charge is 0.394 e. The predicted molar refractivity (Wildman–Crippen MR) is 74.9 cm³/mol. The average Bonchev–Trinajstić information content (AvgIpc) is 2.41. The van der Waals surface area contributed by atoms with E-state index in [1.54, 1.807) is 0 Å². The summed E-state index contributed by atoms with van der Waals surface area (Å²) in [5.74, 6) is -0.598. The number of aliphatic hydroxyl groups is 1. The lowest BCUT2D eigenvalue weighted by atomic mass is 9.86. The maximum absolute atomic E-state index is 9.46. The van der Waals surface area contributed by atoms with Gasteiger partial charge < -0.3 is 14.6 Å². The highest BCUT2D eigenvalue weighted by molar-refractivity contribution is 5.14. The summed E-state index contributed by atoms with van der Waals surface area (Å²) >= 11 is 0. The first-order valence-corrected chi connectivity index (χ1v) is 6.92. The number of hydrogen-bond donors (Lipinski definition) is 1. The summed E-state index contributed by atoms with van der Waals surface area (Å²) in [7, 11) is 0. The van der Waals surface area contributed by atoms with Gasteiger partial charge >= 0.3 is 0 Å². The van der Waals surface area contributed by atoms with Crippen LogP contribution in [-0.2, 0) is 15.9 Å². The fourth-order valence-corrected chi connectivity index (χ4v) is 2.36. The number of benzene rings is 1. The standard InChI is InChI=1S/C16H24O3/c1-15(2)12-18-16(3,19-14(15)11-17)10-9-13-7-5-4-6-8-13/h4-8,14,17H,9-12H2,1-3H3/t14-,16-/m0/s1. The Morgan fingerprint density at radius 2 is 1.89 bits per heavy atom. The number of hydrogen-bond acceptors (Lipinski definition) is 3. The summed E-state index contributed by atoms with van der Waals surface area (Å²) in [4.78, 5) is 0. The van der Waals surface area contributed by atoms with Crippen LogP contribution in [0.1, 0.15) is 32.8 Å². The zero-order valence-corrected chi connectivity index (χ0v) is 12.1. The van der Waals surface area contributed by atoms with Crippen LogP contribution >= 0.6 is 0 Å². The van der Waals surface area contributed by atoms with Crippen LogP contribution < -0.4 is 0 Å². The molecular weight excluding hydrogens is 240 g/mol. The lowest BCUT2D eigenvalue weighted by Crippen LogP contribution is -2.53. The second-order valence-electron chi connectivity index (χ2n) is 6.19. The van der Waals surface area contributed by atoms with Crippen molar-refractivity contribution in [2.75, 3.05) is 13.2 Å². The molecule has 0 aliphatic carbocycles. The molecule has 0 amide bonds. The lowest BCUT2D eigenvalue weighted by molar-refractivity contribution is -0.327. The van der Waals surface area contributed by atoms with Crippen molar-refractivity contribution in [3.63, 3.8) is 0 Å². The van der Waals surface area contributed by atoms with E-state index in [-0.39, 0.29) is 18.1 Å². The Morgan fingerprint density at radius 3 is 2.53 bits per heavy atom. The van der Waals surface area contributed by atoms with E-state index in [1.807, 2.05) is 25.1 Å². The van der Waals surface area contributed by atoms with Gasteiger partial charge in [0.05, 0.1) is 19.3 Å². The molecule has 3 heteroatoms. The van der Waals surface area contributed by atoms with E-state index in [9.17, 15) is 5.11 Å². The van der Waals surface area contributed by atoms with Gasteiger partial charge in [-0.1, -0.05) is 44.2 Å². The molecule has 19 heavy (non-hydrogen) atoms. The van der Waals surface area contributed by atoms with Crippen molar-refractivity contribution < 1.29 is 14.6 Å². The van der Waals surface area contributed by atoms with Gasteiger partial charge in [0.25, 0.3) is 0 Å². The van der Waals surface area contributed by atoms with Gasteiger partial charge in [-0.3, -0.25) is 0 Å². The van der Waals surface area contributed by atoms with E-state index >= 15 is 0 Å². The molecule has 2 rings (SSSR count). The molecule has 1 heterocycles. The molecule has 0 spiro atoms.